The summed E-state index contributed by atoms with van der Waals surface area (Å²) in [5, 5.41) is 0. The third-order valence-electron chi connectivity index (χ3n) is 2.62. The lowest BCUT2D eigenvalue weighted by atomic mass is 10.0. The third-order valence-corrected chi connectivity index (χ3v) is 2.62. The monoisotopic (exact) mass is 238 g/mol. The number of esters is 2. The molecule has 0 bridgehead atoms. The van der Waals surface area contributed by atoms with Crippen molar-refractivity contribution in [3.05, 3.63) is 24.3 Å². The third kappa shape index (κ3) is 2.74. The Labute approximate surface area is 99.0 Å². The fourth-order valence-electron chi connectivity index (χ4n) is 1.84. The van der Waals surface area contributed by atoms with Gasteiger partial charge in [-0.1, -0.05) is 6.08 Å². The first-order valence-electron chi connectivity index (χ1n) is 5.46. The Balaban J connectivity index is 2.02. The second kappa shape index (κ2) is 4.71. The Hall–Kier alpha value is -1.62. The van der Waals surface area contributed by atoms with Crippen LogP contribution < -0.4 is 0 Å². The van der Waals surface area contributed by atoms with E-state index in [4.69, 9.17) is 14.2 Å². The van der Waals surface area contributed by atoms with Crippen LogP contribution in [0.25, 0.3) is 0 Å². The molecular weight excluding hydrogens is 224 g/mol. The fourth-order valence-corrected chi connectivity index (χ4v) is 1.84. The largest absolute Gasteiger partial charge is 0.460 e. The molecular formula is C12H14O5. The number of ether oxygens (including phenoxy) is 3. The quantitative estimate of drug-likeness (QED) is 0.524. The van der Waals surface area contributed by atoms with Crippen LogP contribution in [0.1, 0.15) is 13.8 Å². The van der Waals surface area contributed by atoms with Crippen LogP contribution in [0.3, 0.4) is 0 Å². The Morgan fingerprint density at radius 1 is 1.35 bits per heavy atom. The SMILES string of the molecule is CC(=O)OC(C)C1C=C[C@H]2OC(=O)C=C[C@H]2O1. The van der Waals surface area contributed by atoms with E-state index in [9.17, 15) is 9.59 Å². The molecule has 5 nitrogen and oxygen atoms in total. The maximum Gasteiger partial charge on any atom is 0.331 e. The summed E-state index contributed by atoms with van der Waals surface area (Å²) in [7, 11) is 0. The van der Waals surface area contributed by atoms with Gasteiger partial charge in [-0.15, -0.1) is 0 Å². The molecule has 17 heavy (non-hydrogen) atoms. The zero-order valence-corrected chi connectivity index (χ0v) is 9.66. The minimum Gasteiger partial charge on any atom is -0.460 e. The van der Waals surface area contributed by atoms with E-state index in [1.807, 2.05) is 0 Å². The number of rotatable bonds is 2. The van der Waals surface area contributed by atoms with Crippen molar-refractivity contribution in [1.29, 1.82) is 0 Å². The van der Waals surface area contributed by atoms with Crippen molar-refractivity contribution < 1.29 is 23.8 Å². The molecule has 0 N–H and O–H groups in total. The molecule has 0 spiro atoms. The van der Waals surface area contributed by atoms with Crippen LogP contribution in [0.5, 0.6) is 0 Å². The highest BCUT2D eigenvalue weighted by Gasteiger charge is 2.33. The maximum atomic E-state index is 11.0. The van der Waals surface area contributed by atoms with Gasteiger partial charge < -0.3 is 14.2 Å². The van der Waals surface area contributed by atoms with E-state index in [1.54, 1.807) is 25.2 Å². The topological polar surface area (TPSA) is 61.8 Å². The average Bonchev–Trinajstić information content (AvgIpc) is 2.27. The van der Waals surface area contributed by atoms with Crippen LogP contribution in [0, 0.1) is 0 Å². The molecule has 0 amide bonds. The zero-order chi connectivity index (χ0) is 12.4. The molecule has 0 radical (unpaired) electrons. The van der Waals surface area contributed by atoms with Crippen LogP contribution in [-0.2, 0) is 23.8 Å². The summed E-state index contributed by atoms with van der Waals surface area (Å²) in [4.78, 5) is 21.8. The minimum absolute atomic E-state index is 0.305. The average molecular weight is 238 g/mol. The Bertz CT molecular complexity index is 384. The smallest absolute Gasteiger partial charge is 0.331 e. The van der Waals surface area contributed by atoms with Gasteiger partial charge in [-0.25, -0.2) is 4.79 Å². The van der Waals surface area contributed by atoms with E-state index < -0.39 is 0 Å². The fraction of sp³-hybridized carbons (Fsp3) is 0.500. The molecule has 0 aliphatic carbocycles. The van der Waals surface area contributed by atoms with Gasteiger partial charge in [0, 0.05) is 13.0 Å². The Kier molecular flexibility index (Phi) is 3.28. The molecule has 0 saturated heterocycles. The molecule has 92 valence electrons. The molecule has 2 aliphatic rings. The minimum atomic E-state index is -0.381. The molecule has 0 fully saturated rings. The van der Waals surface area contributed by atoms with Gasteiger partial charge in [0.2, 0.25) is 0 Å². The number of hydrogen-bond acceptors (Lipinski definition) is 5. The molecule has 0 aromatic rings. The summed E-state index contributed by atoms with van der Waals surface area (Å²) >= 11 is 0. The predicted molar refractivity (Wildman–Crippen MR) is 58.0 cm³/mol. The molecule has 0 aromatic heterocycles. The lowest BCUT2D eigenvalue weighted by molar-refractivity contribution is -0.161. The first-order valence-corrected chi connectivity index (χ1v) is 5.46. The molecule has 5 heteroatoms. The number of hydrogen-bond donors (Lipinski definition) is 0. The van der Waals surface area contributed by atoms with E-state index in [0.29, 0.717) is 0 Å². The van der Waals surface area contributed by atoms with Crippen molar-refractivity contribution in [1.82, 2.24) is 0 Å². The highest BCUT2D eigenvalue weighted by Crippen LogP contribution is 2.23. The lowest BCUT2D eigenvalue weighted by Gasteiger charge is -2.34. The van der Waals surface area contributed by atoms with Crippen LogP contribution >= 0.6 is 0 Å². The second-order valence-electron chi connectivity index (χ2n) is 4.03. The van der Waals surface area contributed by atoms with Gasteiger partial charge in [0.15, 0.2) is 6.10 Å². The van der Waals surface area contributed by atoms with Crippen molar-refractivity contribution >= 4 is 11.9 Å². The predicted octanol–water partition coefficient (Wildman–Crippen LogP) is 0.743. The molecule has 2 rings (SSSR count). The normalized spacial score (nSPS) is 32.6. The van der Waals surface area contributed by atoms with Gasteiger partial charge in [-0.2, -0.15) is 0 Å². The van der Waals surface area contributed by atoms with E-state index in [2.05, 4.69) is 0 Å². The summed E-state index contributed by atoms with van der Waals surface area (Å²) in [5.74, 6) is -0.715. The van der Waals surface area contributed by atoms with E-state index in [0.717, 1.165) is 0 Å². The molecule has 2 aliphatic heterocycles. The van der Waals surface area contributed by atoms with Crippen molar-refractivity contribution in [3.8, 4) is 0 Å². The van der Waals surface area contributed by atoms with Gasteiger partial charge in [0.25, 0.3) is 0 Å². The zero-order valence-electron chi connectivity index (χ0n) is 9.66. The molecule has 0 saturated carbocycles. The standard InChI is InChI=1S/C12H14O5/c1-7(15-8(2)13)9-3-4-11-10(16-9)5-6-12(14)17-11/h3-7,9-11H,1-2H3/t7?,9?,10-,11-/m1/s1. The van der Waals surface area contributed by atoms with Gasteiger partial charge in [-0.05, 0) is 19.1 Å². The van der Waals surface area contributed by atoms with Crippen LogP contribution in [0.4, 0.5) is 0 Å². The Morgan fingerprint density at radius 2 is 2.12 bits per heavy atom. The highest BCUT2D eigenvalue weighted by atomic mass is 16.6. The first-order chi connectivity index (χ1) is 8.06. The summed E-state index contributed by atoms with van der Waals surface area (Å²) < 4.78 is 15.8. The van der Waals surface area contributed by atoms with E-state index in [-0.39, 0.29) is 36.4 Å². The van der Waals surface area contributed by atoms with Crippen molar-refractivity contribution in [2.24, 2.45) is 0 Å². The van der Waals surface area contributed by atoms with E-state index >= 15 is 0 Å². The summed E-state index contributed by atoms with van der Waals surface area (Å²) in [6.45, 7) is 3.11. The van der Waals surface area contributed by atoms with Gasteiger partial charge in [0.1, 0.15) is 18.3 Å². The van der Waals surface area contributed by atoms with E-state index in [1.165, 1.54) is 13.0 Å². The molecule has 2 unspecified atom stereocenters. The van der Waals surface area contributed by atoms with Gasteiger partial charge in [-0.3, -0.25) is 4.79 Å². The number of carbonyl (C=O) groups is 2. The highest BCUT2D eigenvalue weighted by molar-refractivity contribution is 5.83. The molecule has 4 atom stereocenters. The molecule has 2 heterocycles. The first kappa shape index (κ1) is 11.9. The lowest BCUT2D eigenvalue weighted by Crippen LogP contribution is -2.43. The van der Waals surface area contributed by atoms with Crippen LogP contribution in [-0.4, -0.2) is 36.4 Å². The number of fused-ring (bicyclic) bond motifs is 1. The van der Waals surface area contributed by atoms with Gasteiger partial charge in [0.05, 0.1) is 0 Å². The molecule has 0 aromatic carbocycles. The summed E-state index contributed by atoms with van der Waals surface area (Å²) in [6.07, 6.45) is 5.15. The summed E-state index contributed by atoms with van der Waals surface area (Å²) in [6, 6.07) is 0. The van der Waals surface area contributed by atoms with Crippen LogP contribution in [0.15, 0.2) is 24.3 Å². The summed E-state index contributed by atoms with van der Waals surface area (Å²) in [5.41, 5.74) is 0. The van der Waals surface area contributed by atoms with Crippen LogP contribution in [0.2, 0.25) is 0 Å². The van der Waals surface area contributed by atoms with Crippen molar-refractivity contribution in [2.45, 2.75) is 38.3 Å². The second-order valence-corrected chi connectivity index (χ2v) is 4.03. The Morgan fingerprint density at radius 3 is 2.82 bits per heavy atom. The maximum absolute atomic E-state index is 11.0. The van der Waals surface area contributed by atoms with Crippen molar-refractivity contribution in [2.75, 3.05) is 0 Å². The van der Waals surface area contributed by atoms with Gasteiger partial charge >= 0.3 is 11.9 Å². The van der Waals surface area contributed by atoms with Crippen molar-refractivity contribution in [3.63, 3.8) is 0 Å². The number of carbonyl (C=O) groups excluding carboxylic acids is 2.